The molecule has 1 N–H and O–H groups in total. The molecule has 0 aromatic carbocycles. The van der Waals surface area contributed by atoms with Gasteiger partial charge in [0.2, 0.25) is 11.8 Å². The lowest BCUT2D eigenvalue weighted by Crippen LogP contribution is -2.42. The predicted molar refractivity (Wildman–Crippen MR) is 146 cm³/mol. The van der Waals surface area contributed by atoms with Crippen molar-refractivity contribution in [1.82, 2.24) is 15.2 Å². The molecular weight excluding hydrogens is 565 g/mol. The van der Waals surface area contributed by atoms with Crippen molar-refractivity contribution in [3.05, 3.63) is 34.1 Å². The zero-order chi connectivity index (χ0) is 26.0. The molecule has 1 rings (SSSR count). The van der Waals surface area contributed by atoms with Gasteiger partial charge in [-0.25, -0.2) is 9.78 Å². The van der Waals surface area contributed by atoms with Gasteiger partial charge < -0.3 is 24.1 Å². The van der Waals surface area contributed by atoms with E-state index in [0.29, 0.717) is 19.0 Å². The van der Waals surface area contributed by atoms with E-state index < -0.39 is 20.0 Å². The maximum absolute atomic E-state index is 12.6. The number of carbonyl (C=O) groups excluding carboxylic acids is 2. The van der Waals surface area contributed by atoms with E-state index >= 15 is 0 Å². The van der Waals surface area contributed by atoms with Crippen LogP contribution in [0.5, 0.6) is 5.88 Å². The van der Waals surface area contributed by atoms with Gasteiger partial charge in [-0.3, -0.25) is 4.79 Å². The highest BCUT2D eigenvalue weighted by Crippen LogP contribution is 2.36. The molecule has 1 heterocycles. The summed E-state index contributed by atoms with van der Waals surface area (Å²) in [5.41, 5.74) is -0.626. The average Bonchev–Trinajstić information content (AvgIpc) is 2.69. The normalized spacial score (nSPS) is 12.5. The number of rotatable bonds is 11. The van der Waals surface area contributed by atoms with Crippen molar-refractivity contribution >= 4 is 42.9 Å². The Kier molecular flexibility index (Phi) is 12.0. The van der Waals surface area contributed by atoms with Gasteiger partial charge >= 0.3 is 6.09 Å². The maximum atomic E-state index is 12.6. The second kappa shape index (κ2) is 13.4. The van der Waals surface area contributed by atoms with E-state index in [1.807, 2.05) is 26.8 Å². The Labute approximate surface area is 219 Å². The number of carbonyl (C=O) groups is 2. The molecule has 192 valence electrons. The lowest BCUT2D eigenvalue weighted by atomic mass is 10.2. The first kappa shape index (κ1) is 30.4. The molecule has 0 aliphatic heterocycles. The Balaban J connectivity index is 2.55. The van der Waals surface area contributed by atoms with Crippen LogP contribution in [0.15, 0.2) is 30.5 Å². The van der Waals surface area contributed by atoms with Crippen LogP contribution in [0, 0.1) is 3.57 Å². The molecule has 0 aliphatic rings. The summed E-state index contributed by atoms with van der Waals surface area (Å²) in [7, 11) is -1.83. The van der Waals surface area contributed by atoms with Gasteiger partial charge in [-0.05, 0) is 67.6 Å². The predicted octanol–water partition coefficient (Wildman–Crippen LogP) is 5.00. The molecule has 8 nitrogen and oxygen atoms in total. The van der Waals surface area contributed by atoms with Gasteiger partial charge in [0.15, 0.2) is 8.32 Å². The van der Waals surface area contributed by atoms with E-state index in [2.05, 4.69) is 66.8 Å². The molecule has 1 aromatic rings. The molecule has 0 aliphatic carbocycles. The van der Waals surface area contributed by atoms with E-state index in [1.54, 1.807) is 18.3 Å². The van der Waals surface area contributed by atoms with Gasteiger partial charge in [-0.2, -0.15) is 0 Å². The van der Waals surface area contributed by atoms with Crippen molar-refractivity contribution in [3.63, 3.8) is 0 Å². The summed E-state index contributed by atoms with van der Waals surface area (Å²) in [6.07, 6.45) is 4.29. The Hall–Kier alpha value is -1.66. The van der Waals surface area contributed by atoms with Crippen molar-refractivity contribution in [2.75, 3.05) is 32.8 Å². The fourth-order valence-electron chi connectivity index (χ4n) is 2.33. The summed E-state index contributed by atoms with van der Waals surface area (Å²) in [6, 6.07) is 3.67. The molecule has 1 aromatic heterocycles. The SMILES string of the molecule is CC(C)(C)OC(=O)N(C/C=C/C(=O)NCCO[Si](C)(C)C(C)(C)C)CCOc1ccc(I)cn1. The number of nitrogens with one attached hydrogen (secondary N) is 1. The largest absolute Gasteiger partial charge is 0.476 e. The molecule has 0 unspecified atom stereocenters. The lowest BCUT2D eigenvalue weighted by molar-refractivity contribution is -0.116. The molecule has 34 heavy (non-hydrogen) atoms. The minimum atomic E-state index is -1.83. The fraction of sp³-hybridized carbons (Fsp3) is 0.625. The van der Waals surface area contributed by atoms with Crippen molar-refractivity contribution in [2.45, 2.75) is 65.3 Å². The summed E-state index contributed by atoms with van der Waals surface area (Å²) >= 11 is 2.17. The van der Waals surface area contributed by atoms with Crippen LogP contribution < -0.4 is 10.1 Å². The van der Waals surface area contributed by atoms with E-state index in [-0.39, 0.29) is 30.6 Å². The third kappa shape index (κ3) is 12.2. The van der Waals surface area contributed by atoms with Crippen LogP contribution in [0.25, 0.3) is 0 Å². The number of hydrogen-bond acceptors (Lipinski definition) is 6. The van der Waals surface area contributed by atoms with E-state index in [4.69, 9.17) is 13.9 Å². The van der Waals surface area contributed by atoms with Crippen LogP contribution in [0.2, 0.25) is 18.1 Å². The van der Waals surface area contributed by atoms with Crippen LogP contribution >= 0.6 is 22.6 Å². The third-order valence-corrected chi connectivity index (χ3v) is 10.4. The molecule has 0 bridgehead atoms. The number of aromatic nitrogens is 1. The average molecular weight is 606 g/mol. The number of pyridine rings is 1. The zero-order valence-corrected chi connectivity index (χ0v) is 24.9. The molecule has 0 spiro atoms. The topological polar surface area (TPSA) is 90.0 Å². The smallest absolute Gasteiger partial charge is 0.410 e. The van der Waals surface area contributed by atoms with Gasteiger partial charge in [-0.15, -0.1) is 0 Å². The monoisotopic (exact) mass is 605 g/mol. The number of ether oxygens (including phenoxy) is 2. The van der Waals surface area contributed by atoms with Gasteiger partial charge in [0.25, 0.3) is 0 Å². The first-order valence-electron chi connectivity index (χ1n) is 11.4. The molecule has 2 amide bonds. The first-order chi connectivity index (χ1) is 15.6. The van der Waals surface area contributed by atoms with Gasteiger partial charge in [-0.1, -0.05) is 26.8 Å². The molecule has 0 radical (unpaired) electrons. The number of halogens is 1. The number of nitrogens with zero attached hydrogens (tertiary/aromatic N) is 2. The van der Waals surface area contributed by atoms with Gasteiger partial charge in [0.05, 0.1) is 13.2 Å². The summed E-state index contributed by atoms with van der Waals surface area (Å²) in [4.78, 5) is 30.4. The Morgan fingerprint density at radius 2 is 1.82 bits per heavy atom. The summed E-state index contributed by atoms with van der Waals surface area (Å²) in [5.74, 6) is 0.252. The fourth-order valence-corrected chi connectivity index (χ4v) is 3.70. The second-order valence-electron chi connectivity index (χ2n) is 10.4. The Morgan fingerprint density at radius 1 is 1.15 bits per heavy atom. The van der Waals surface area contributed by atoms with Gasteiger partial charge in [0.1, 0.15) is 12.2 Å². The minimum absolute atomic E-state index is 0.126. The molecule has 0 saturated heterocycles. The van der Waals surface area contributed by atoms with Crippen molar-refractivity contribution < 1.29 is 23.5 Å². The minimum Gasteiger partial charge on any atom is -0.476 e. The number of hydrogen-bond donors (Lipinski definition) is 1. The molecule has 10 heteroatoms. The highest BCUT2D eigenvalue weighted by atomic mass is 127. The molecule has 0 atom stereocenters. The van der Waals surface area contributed by atoms with E-state index in [9.17, 15) is 9.59 Å². The highest BCUT2D eigenvalue weighted by molar-refractivity contribution is 14.1. The maximum Gasteiger partial charge on any atom is 0.410 e. The van der Waals surface area contributed by atoms with Crippen molar-refractivity contribution in [2.24, 2.45) is 0 Å². The van der Waals surface area contributed by atoms with Crippen LogP contribution in [-0.2, 0) is 14.0 Å². The van der Waals surface area contributed by atoms with Crippen LogP contribution in [0.1, 0.15) is 41.5 Å². The highest BCUT2D eigenvalue weighted by Gasteiger charge is 2.36. The van der Waals surface area contributed by atoms with E-state index in [0.717, 1.165) is 3.57 Å². The van der Waals surface area contributed by atoms with Crippen LogP contribution in [-0.4, -0.2) is 68.7 Å². The molecular formula is C24H40IN3O5Si. The summed E-state index contributed by atoms with van der Waals surface area (Å²) < 4.78 is 18.2. The summed E-state index contributed by atoms with van der Waals surface area (Å²) in [5, 5.41) is 2.95. The quantitative estimate of drug-likeness (QED) is 0.165. The zero-order valence-electron chi connectivity index (χ0n) is 21.7. The molecule has 0 fully saturated rings. The third-order valence-electron chi connectivity index (χ3n) is 5.23. The number of amides is 2. The summed E-state index contributed by atoms with van der Waals surface area (Å²) in [6.45, 7) is 18.0. The first-order valence-corrected chi connectivity index (χ1v) is 15.4. The standard InChI is InChI=1S/C24H40IN3O5Si/c1-23(2,3)33-22(30)28(15-17-31-21-12-11-19(25)18-27-21)14-9-10-20(29)26-13-16-32-34(7,8)24(4,5)6/h9-12,18H,13-17H2,1-8H3,(H,26,29)/b10-9+. The van der Waals surface area contributed by atoms with Gasteiger partial charge in [0, 0.05) is 35.0 Å². The lowest BCUT2D eigenvalue weighted by Gasteiger charge is -2.36. The van der Waals surface area contributed by atoms with Crippen molar-refractivity contribution in [3.8, 4) is 5.88 Å². The van der Waals surface area contributed by atoms with Crippen LogP contribution in [0.4, 0.5) is 4.79 Å². The Morgan fingerprint density at radius 3 is 2.38 bits per heavy atom. The van der Waals surface area contributed by atoms with Crippen LogP contribution in [0.3, 0.4) is 0 Å². The van der Waals surface area contributed by atoms with Crippen molar-refractivity contribution in [1.29, 1.82) is 0 Å². The molecule has 0 saturated carbocycles. The Bertz CT molecular complexity index is 817. The second-order valence-corrected chi connectivity index (χ2v) is 16.4. The van der Waals surface area contributed by atoms with E-state index in [1.165, 1.54) is 11.0 Å².